The topological polar surface area (TPSA) is 17.8 Å². The van der Waals surface area contributed by atoms with Gasteiger partial charge in [-0.15, -0.1) is 11.6 Å². The number of fused-ring (bicyclic) bond motifs is 1. The maximum absolute atomic E-state index is 5.97. The Morgan fingerprint density at radius 3 is 2.82 bits per heavy atom. The van der Waals surface area contributed by atoms with Crippen molar-refractivity contribution in [3.63, 3.8) is 0 Å². The van der Waals surface area contributed by atoms with E-state index in [0.29, 0.717) is 16.8 Å². The van der Waals surface area contributed by atoms with Crippen molar-refractivity contribution in [2.24, 2.45) is 5.92 Å². The summed E-state index contributed by atoms with van der Waals surface area (Å²) in [5.41, 5.74) is 2.04. The van der Waals surface area contributed by atoms with Gasteiger partial charge in [0, 0.05) is 11.6 Å². The molecule has 0 radical (unpaired) electrons. The molecule has 0 fully saturated rings. The normalized spacial score (nSPS) is 13.2. The van der Waals surface area contributed by atoms with Crippen molar-refractivity contribution in [2.45, 2.75) is 32.7 Å². The quantitative estimate of drug-likeness (QED) is 0.750. The van der Waals surface area contributed by atoms with Gasteiger partial charge in [-0.2, -0.15) is 0 Å². The Balaban J connectivity index is 2.50. The highest BCUT2D eigenvalue weighted by Crippen LogP contribution is 2.23. The van der Waals surface area contributed by atoms with Gasteiger partial charge >= 0.3 is 0 Å². The Hall–Kier alpha value is -0.730. The molecule has 0 bridgehead atoms. The first-order chi connectivity index (χ1) is 8.15. The van der Waals surface area contributed by atoms with E-state index in [4.69, 9.17) is 23.2 Å². The summed E-state index contributed by atoms with van der Waals surface area (Å²) in [6.45, 7) is 5.39. The summed E-state index contributed by atoms with van der Waals surface area (Å²) in [5, 5.41) is 0.715. The molecular weight excluding hydrogens is 255 g/mol. The number of hydrogen-bond acceptors (Lipinski definition) is 1. The van der Waals surface area contributed by atoms with Crippen molar-refractivity contribution in [1.82, 2.24) is 9.55 Å². The van der Waals surface area contributed by atoms with Crippen molar-refractivity contribution < 1.29 is 0 Å². The Labute approximate surface area is 112 Å². The van der Waals surface area contributed by atoms with Gasteiger partial charge in [-0.3, -0.25) is 0 Å². The molecule has 2 rings (SSSR count). The van der Waals surface area contributed by atoms with Crippen LogP contribution < -0.4 is 0 Å². The van der Waals surface area contributed by atoms with E-state index in [1.807, 2.05) is 18.2 Å². The SMILES string of the molecule is CCC(C)Cn1c(CCl)nc2cc(Cl)ccc21. The summed E-state index contributed by atoms with van der Waals surface area (Å²) < 4.78 is 2.20. The van der Waals surface area contributed by atoms with Crippen LogP contribution in [0.2, 0.25) is 5.02 Å². The number of rotatable bonds is 4. The molecule has 2 aromatic rings. The van der Waals surface area contributed by atoms with Crippen molar-refractivity contribution >= 4 is 34.2 Å². The zero-order valence-electron chi connectivity index (χ0n) is 10.1. The molecule has 2 nitrogen and oxygen atoms in total. The molecule has 1 aromatic carbocycles. The first-order valence-corrected chi connectivity index (χ1v) is 6.77. The number of halogens is 2. The van der Waals surface area contributed by atoms with Crippen molar-refractivity contribution in [3.8, 4) is 0 Å². The Morgan fingerprint density at radius 1 is 1.41 bits per heavy atom. The van der Waals surface area contributed by atoms with E-state index in [1.165, 1.54) is 0 Å². The highest BCUT2D eigenvalue weighted by molar-refractivity contribution is 6.31. The average molecular weight is 271 g/mol. The van der Waals surface area contributed by atoms with Gasteiger partial charge in [0.1, 0.15) is 5.82 Å². The minimum Gasteiger partial charge on any atom is -0.327 e. The molecule has 1 aromatic heterocycles. The molecule has 1 unspecified atom stereocenters. The summed E-state index contributed by atoms with van der Waals surface area (Å²) in [5.74, 6) is 1.97. The Kier molecular flexibility index (Phi) is 3.95. The monoisotopic (exact) mass is 270 g/mol. The number of aromatic nitrogens is 2. The van der Waals surface area contributed by atoms with Crippen LogP contribution in [0.1, 0.15) is 26.1 Å². The second-order valence-electron chi connectivity index (χ2n) is 4.42. The van der Waals surface area contributed by atoms with Gasteiger partial charge in [-0.05, 0) is 24.1 Å². The van der Waals surface area contributed by atoms with Gasteiger partial charge in [0.15, 0.2) is 0 Å². The highest BCUT2D eigenvalue weighted by Gasteiger charge is 2.12. The molecule has 0 aliphatic carbocycles. The van der Waals surface area contributed by atoms with E-state index in [1.54, 1.807) is 0 Å². The second kappa shape index (κ2) is 5.28. The average Bonchev–Trinajstić information content (AvgIpc) is 2.66. The van der Waals surface area contributed by atoms with E-state index >= 15 is 0 Å². The van der Waals surface area contributed by atoms with E-state index in [2.05, 4.69) is 23.4 Å². The third kappa shape index (κ3) is 2.58. The van der Waals surface area contributed by atoms with Gasteiger partial charge in [0.2, 0.25) is 0 Å². The predicted molar refractivity (Wildman–Crippen MR) is 73.8 cm³/mol. The number of alkyl halides is 1. The molecule has 92 valence electrons. The maximum Gasteiger partial charge on any atom is 0.124 e. The van der Waals surface area contributed by atoms with Crippen LogP contribution in [-0.2, 0) is 12.4 Å². The Morgan fingerprint density at radius 2 is 2.18 bits per heavy atom. The fourth-order valence-electron chi connectivity index (χ4n) is 1.90. The lowest BCUT2D eigenvalue weighted by molar-refractivity contribution is 0.469. The molecule has 0 saturated heterocycles. The minimum absolute atomic E-state index is 0.433. The van der Waals surface area contributed by atoms with Gasteiger partial charge in [0.05, 0.1) is 16.9 Å². The van der Waals surface area contributed by atoms with E-state index < -0.39 is 0 Å². The van der Waals surface area contributed by atoms with Crippen LogP contribution in [-0.4, -0.2) is 9.55 Å². The van der Waals surface area contributed by atoms with Crippen molar-refractivity contribution in [1.29, 1.82) is 0 Å². The minimum atomic E-state index is 0.433. The molecule has 1 atom stereocenters. The zero-order valence-corrected chi connectivity index (χ0v) is 11.6. The standard InChI is InChI=1S/C13H16Cl2N2/c1-3-9(2)8-17-12-5-4-10(15)6-11(12)16-13(17)7-14/h4-6,9H,3,7-8H2,1-2H3. The number of imidazole rings is 1. The lowest BCUT2D eigenvalue weighted by Crippen LogP contribution is -2.09. The number of nitrogens with zero attached hydrogens (tertiary/aromatic N) is 2. The van der Waals surface area contributed by atoms with Crippen LogP contribution in [0.25, 0.3) is 11.0 Å². The van der Waals surface area contributed by atoms with Crippen molar-refractivity contribution in [3.05, 3.63) is 29.0 Å². The van der Waals surface area contributed by atoms with Crippen LogP contribution in [0.5, 0.6) is 0 Å². The van der Waals surface area contributed by atoms with Crippen LogP contribution in [0.4, 0.5) is 0 Å². The third-order valence-electron chi connectivity index (χ3n) is 3.10. The van der Waals surface area contributed by atoms with E-state index in [9.17, 15) is 0 Å². The van der Waals surface area contributed by atoms with Crippen LogP contribution in [0.15, 0.2) is 18.2 Å². The predicted octanol–water partition coefficient (Wildman–Crippen LogP) is 4.47. The smallest absolute Gasteiger partial charge is 0.124 e. The lowest BCUT2D eigenvalue weighted by Gasteiger charge is -2.12. The van der Waals surface area contributed by atoms with Gasteiger partial charge in [-0.25, -0.2) is 4.98 Å². The summed E-state index contributed by atoms with van der Waals surface area (Å²) in [4.78, 5) is 4.53. The fraction of sp³-hybridized carbons (Fsp3) is 0.462. The molecule has 0 saturated carbocycles. The van der Waals surface area contributed by atoms with E-state index in [0.717, 1.165) is 29.8 Å². The molecule has 17 heavy (non-hydrogen) atoms. The van der Waals surface area contributed by atoms with Crippen LogP contribution in [0.3, 0.4) is 0 Å². The molecule has 0 aliphatic heterocycles. The lowest BCUT2D eigenvalue weighted by atomic mass is 10.1. The molecule has 1 heterocycles. The largest absolute Gasteiger partial charge is 0.327 e. The van der Waals surface area contributed by atoms with Gasteiger partial charge in [0.25, 0.3) is 0 Å². The highest BCUT2D eigenvalue weighted by atomic mass is 35.5. The van der Waals surface area contributed by atoms with Gasteiger partial charge in [-0.1, -0.05) is 31.9 Å². The number of benzene rings is 1. The first-order valence-electron chi connectivity index (χ1n) is 5.86. The van der Waals surface area contributed by atoms with Crippen LogP contribution in [0, 0.1) is 5.92 Å². The zero-order chi connectivity index (χ0) is 12.4. The Bertz CT molecular complexity index is 519. The van der Waals surface area contributed by atoms with Crippen molar-refractivity contribution in [2.75, 3.05) is 0 Å². The van der Waals surface area contributed by atoms with Crippen LogP contribution >= 0.6 is 23.2 Å². The molecule has 4 heteroatoms. The summed E-state index contributed by atoms with van der Waals surface area (Å²) in [7, 11) is 0. The van der Waals surface area contributed by atoms with E-state index in [-0.39, 0.29) is 0 Å². The maximum atomic E-state index is 5.97. The number of hydrogen-bond donors (Lipinski definition) is 0. The molecule has 0 spiro atoms. The third-order valence-corrected chi connectivity index (χ3v) is 3.57. The molecule has 0 aliphatic rings. The summed E-state index contributed by atoms with van der Waals surface area (Å²) >= 11 is 11.9. The summed E-state index contributed by atoms with van der Waals surface area (Å²) in [6, 6.07) is 5.81. The second-order valence-corrected chi connectivity index (χ2v) is 5.12. The summed E-state index contributed by atoms with van der Waals surface area (Å²) in [6.07, 6.45) is 1.15. The fourth-order valence-corrected chi connectivity index (χ4v) is 2.27. The molecular formula is C13H16Cl2N2. The molecule has 0 amide bonds. The first kappa shape index (κ1) is 12.7. The molecule has 0 N–H and O–H groups in total. The van der Waals surface area contributed by atoms with Gasteiger partial charge < -0.3 is 4.57 Å².